The van der Waals surface area contributed by atoms with E-state index in [1.807, 2.05) is 45.2 Å². The third-order valence-corrected chi connectivity index (χ3v) is 6.01. The molecule has 1 fully saturated rings. The maximum atomic E-state index is 13.1. The number of pyridine rings is 1. The van der Waals surface area contributed by atoms with Crippen molar-refractivity contribution in [3.8, 4) is 0 Å². The van der Waals surface area contributed by atoms with Gasteiger partial charge < -0.3 is 0 Å². The molecule has 7 heteroatoms. The molecule has 3 heterocycles. The molecule has 0 unspecified atom stereocenters. The number of carbonyl (C=O) groups excluding carboxylic acids is 1. The lowest BCUT2D eigenvalue weighted by Crippen LogP contribution is -2.13. The molecule has 1 aliphatic carbocycles. The number of aromatic nitrogens is 4. The molecule has 5 rings (SSSR count). The van der Waals surface area contributed by atoms with Gasteiger partial charge in [0.25, 0.3) is 5.91 Å². The molecule has 0 bridgehead atoms. The lowest BCUT2D eigenvalue weighted by molar-refractivity contribution is 0.102. The van der Waals surface area contributed by atoms with Gasteiger partial charge in [0, 0.05) is 18.7 Å². The first-order valence-corrected chi connectivity index (χ1v) is 9.84. The van der Waals surface area contributed by atoms with Gasteiger partial charge in [-0.25, -0.2) is 9.97 Å². The number of benzene rings is 1. The second kappa shape index (κ2) is 5.85. The molecule has 6 nitrogen and oxygen atoms in total. The predicted molar refractivity (Wildman–Crippen MR) is 108 cm³/mol. The molecule has 1 amide bonds. The van der Waals surface area contributed by atoms with Crippen molar-refractivity contribution in [2.45, 2.75) is 32.6 Å². The lowest BCUT2D eigenvalue weighted by atomic mass is 10.1. The van der Waals surface area contributed by atoms with E-state index in [4.69, 9.17) is 4.98 Å². The second-order valence-electron chi connectivity index (χ2n) is 7.17. The largest absolute Gasteiger partial charge is 0.298 e. The van der Waals surface area contributed by atoms with E-state index in [9.17, 15) is 4.79 Å². The van der Waals surface area contributed by atoms with Crippen molar-refractivity contribution >= 4 is 43.6 Å². The van der Waals surface area contributed by atoms with E-state index < -0.39 is 0 Å². The number of hydrogen-bond donors (Lipinski definition) is 1. The molecular weight excluding hydrogens is 358 g/mol. The van der Waals surface area contributed by atoms with Crippen LogP contribution in [-0.2, 0) is 7.05 Å². The van der Waals surface area contributed by atoms with Gasteiger partial charge in [-0.05, 0) is 44.4 Å². The lowest BCUT2D eigenvalue weighted by Gasteiger charge is -2.07. The zero-order chi connectivity index (χ0) is 18.7. The Morgan fingerprint density at radius 3 is 2.81 bits per heavy atom. The third-order valence-electron chi connectivity index (χ3n) is 5.07. The summed E-state index contributed by atoms with van der Waals surface area (Å²) in [6, 6.07) is 8.00. The van der Waals surface area contributed by atoms with Crippen LogP contribution in [0.3, 0.4) is 0 Å². The summed E-state index contributed by atoms with van der Waals surface area (Å²) in [5, 5.41) is 8.89. The molecule has 0 spiro atoms. The molecule has 1 N–H and O–H groups in total. The van der Waals surface area contributed by atoms with Crippen molar-refractivity contribution in [2.24, 2.45) is 7.05 Å². The number of anilines is 1. The molecule has 0 radical (unpaired) electrons. The minimum atomic E-state index is -0.155. The fourth-order valence-electron chi connectivity index (χ4n) is 3.54. The minimum Gasteiger partial charge on any atom is -0.298 e. The Hall–Kier alpha value is -2.80. The summed E-state index contributed by atoms with van der Waals surface area (Å²) < 4.78 is 2.83. The van der Waals surface area contributed by atoms with Crippen LogP contribution in [0.15, 0.2) is 24.3 Å². The number of amides is 1. The van der Waals surface area contributed by atoms with Crippen LogP contribution >= 0.6 is 11.3 Å². The van der Waals surface area contributed by atoms with Crippen LogP contribution < -0.4 is 5.32 Å². The molecule has 27 heavy (non-hydrogen) atoms. The number of thiazole rings is 1. The van der Waals surface area contributed by atoms with E-state index in [0.29, 0.717) is 16.6 Å². The Morgan fingerprint density at radius 1 is 1.26 bits per heavy atom. The van der Waals surface area contributed by atoms with E-state index in [1.165, 1.54) is 11.3 Å². The van der Waals surface area contributed by atoms with Crippen molar-refractivity contribution < 1.29 is 4.79 Å². The topological polar surface area (TPSA) is 72.7 Å². The number of nitrogens with one attached hydrogen (secondary N) is 1. The van der Waals surface area contributed by atoms with Crippen LogP contribution in [0, 0.1) is 13.8 Å². The highest BCUT2D eigenvalue weighted by atomic mass is 32.1. The molecule has 0 saturated heterocycles. The van der Waals surface area contributed by atoms with Crippen LogP contribution in [0.1, 0.15) is 46.1 Å². The highest BCUT2D eigenvalue weighted by Gasteiger charge is 2.28. The molecular formula is C20H19N5OS. The van der Waals surface area contributed by atoms with Gasteiger partial charge in [-0.2, -0.15) is 5.10 Å². The summed E-state index contributed by atoms with van der Waals surface area (Å²) >= 11 is 1.49. The van der Waals surface area contributed by atoms with Crippen molar-refractivity contribution in [1.82, 2.24) is 19.7 Å². The second-order valence-corrected chi connectivity index (χ2v) is 8.20. The zero-order valence-corrected chi connectivity index (χ0v) is 16.2. The fraction of sp³-hybridized carbons (Fsp3) is 0.300. The molecule has 1 saturated carbocycles. The Bertz CT molecular complexity index is 1220. The number of nitrogens with zero attached hydrogens (tertiary/aromatic N) is 4. The van der Waals surface area contributed by atoms with E-state index >= 15 is 0 Å². The van der Waals surface area contributed by atoms with Crippen molar-refractivity contribution in [3.63, 3.8) is 0 Å². The summed E-state index contributed by atoms with van der Waals surface area (Å²) in [5.74, 6) is 0.304. The molecule has 0 atom stereocenters. The number of para-hydroxylation sites is 1. The minimum absolute atomic E-state index is 0.155. The molecule has 1 aliphatic rings. The van der Waals surface area contributed by atoms with Crippen molar-refractivity contribution in [1.29, 1.82) is 0 Å². The van der Waals surface area contributed by atoms with E-state index in [0.717, 1.165) is 51.0 Å². The Kier molecular flexibility index (Phi) is 3.55. The number of carbonyl (C=O) groups is 1. The number of aryl methyl sites for hydroxylation is 3. The summed E-state index contributed by atoms with van der Waals surface area (Å²) in [5.41, 5.74) is 5.23. The average molecular weight is 377 g/mol. The molecule has 4 aromatic rings. The standard InChI is InChI=1S/C20H19N5OS/c1-10-5-4-6-15-17(10)22-20(27-15)23-19(26)13-9-14(12-7-8-12)21-18-16(13)11(2)24-25(18)3/h4-6,9,12H,7-8H2,1-3H3,(H,22,23,26). The summed E-state index contributed by atoms with van der Waals surface area (Å²) in [6.07, 6.45) is 2.26. The van der Waals surface area contributed by atoms with E-state index in [2.05, 4.69) is 15.4 Å². The van der Waals surface area contributed by atoms with Gasteiger partial charge in [-0.3, -0.25) is 14.8 Å². The first-order valence-electron chi connectivity index (χ1n) is 9.03. The van der Waals surface area contributed by atoms with Gasteiger partial charge >= 0.3 is 0 Å². The SMILES string of the molecule is Cc1cccc2sc(NC(=O)c3cc(C4CC4)nc4c3c(C)nn4C)nc12. The average Bonchev–Trinajstić information content (AvgIpc) is 3.34. The summed E-state index contributed by atoms with van der Waals surface area (Å²) in [6.45, 7) is 3.94. The van der Waals surface area contributed by atoms with Gasteiger partial charge in [0.15, 0.2) is 10.8 Å². The van der Waals surface area contributed by atoms with Crippen molar-refractivity contribution in [3.05, 3.63) is 46.8 Å². The Morgan fingerprint density at radius 2 is 2.07 bits per heavy atom. The third kappa shape index (κ3) is 2.70. The van der Waals surface area contributed by atoms with Gasteiger partial charge in [0.1, 0.15) is 0 Å². The predicted octanol–water partition coefficient (Wildman–Crippen LogP) is 4.32. The van der Waals surface area contributed by atoms with Crippen molar-refractivity contribution in [2.75, 3.05) is 5.32 Å². The van der Waals surface area contributed by atoms with Gasteiger partial charge in [-0.15, -0.1) is 0 Å². The van der Waals surface area contributed by atoms with Gasteiger partial charge in [0.05, 0.1) is 26.9 Å². The Labute approximate surface area is 160 Å². The number of hydrogen-bond acceptors (Lipinski definition) is 5. The smallest absolute Gasteiger partial charge is 0.258 e. The van der Waals surface area contributed by atoms with Crippen LogP contribution in [0.4, 0.5) is 5.13 Å². The Balaban J connectivity index is 1.59. The fourth-order valence-corrected chi connectivity index (χ4v) is 4.47. The van der Waals surface area contributed by atoms with Crippen LogP contribution in [0.5, 0.6) is 0 Å². The normalized spacial score (nSPS) is 14.2. The van der Waals surface area contributed by atoms with E-state index in [-0.39, 0.29) is 5.91 Å². The number of fused-ring (bicyclic) bond motifs is 2. The van der Waals surface area contributed by atoms with Gasteiger partial charge in [0.2, 0.25) is 0 Å². The maximum Gasteiger partial charge on any atom is 0.258 e. The molecule has 1 aromatic carbocycles. The van der Waals surface area contributed by atoms with E-state index in [1.54, 1.807) is 4.68 Å². The summed E-state index contributed by atoms with van der Waals surface area (Å²) in [4.78, 5) is 22.5. The quantitative estimate of drug-likeness (QED) is 0.577. The van der Waals surface area contributed by atoms with Crippen LogP contribution in [0.2, 0.25) is 0 Å². The highest BCUT2D eigenvalue weighted by Crippen LogP contribution is 2.40. The first kappa shape index (κ1) is 16.4. The molecule has 0 aliphatic heterocycles. The zero-order valence-electron chi connectivity index (χ0n) is 15.4. The van der Waals surface area contributed by atoms with Crippen LogP contribution in [0.25, 0.3) is 21.3 Å². The monoisotopic (exact) mass is 377 g/mol. The highest BCUT2D eigenvalue weighted by molar-refractivity contribution is 7.22. The maximum absolute atomic E-state index is 13.1. The molecule has 3 aromatic heterocycles. The summed E-state index contributed by atoms with van der Waals surface area (Å²) in [7, 11) is 1.87. The van der Waals surface area contributed by atoms with Gasteiger partial charge in [-0.1, -0.05) is 23.5 Å². The first-order chi connectivity index (χ1) is 13.0. The van der Waals surface area contributed by atoms with Crippen LogP contribution in [-0.4, -0.2) is 25.7 Å². The molecule has 136 valence electrons. The number of rotatable bonds is 3.